The van der Waals surface area contributed by atoms with E-state index in [9.17, 15) is 9.59 Å². The zero-order valence-corrected chi connectivity index (χ0v) is 17.8. The second-order valence-corrected chi connectivity index (χ2v) is 7.43. The molecule has 0 unspecified atom stereocenters. The molecular formula is C22H25N7O3. The molecule has 0 fully saturated rings. The molecule has 0 aliphatic carbocycles. The van der Waals surface area contributed by atoms with Crippen molar-refractivity contribution < 1.29 is 14.0 Å². The summed E-state index contributed by atoms with van der Waals surface area (Å²) in [5.41, 5.74) is 1.25. The number of oxazole rings is 1. The van der Waals surface area contributed by atoms with Crippen molar-refractivity contribution in [2.24, 2.45) is 7.05 Å². The third kappa shape index (κ3) is 5.20. The van der Waals surface area contributed by atoms with Crippen LogP contribution in [0, 0.1) is 0 Å². The molecule has 10 heteroatoms. The van der Waals surface area contributed by atoms with Crippen LogP contribution in [0.1, 0.15) is 46.7 Å². The molecule has 3 aromatic rings. The Kier molecular flexibility index (Phi) is 6.59. The zero-order valence-electron chi connectivity index (χ0n) is 17.8. The van der Waals surface area contributed by atoms with E-state index in [1.54, 1.807) is 25.5 Å². The molecule has 0 aromatic carbocycles. The van der Waals surface area contributed by atoms with Gasteiger partial charge in [0.2, 0.25) is 5.89 Å². The SMILES string of the molecule is Cn1cc2c(n1)C(=O)NCCC/C=C/CCCNc1cc(ccn1)-c1nc(co1)C(=O)N2. The minimum atomic E-state index is -0.495. The van der Waals surface area contributed by atoms with Crippen molar-refractivity contribution in [3.8, 4) is 11.5 Å². The highest BCUT2D eigenvalue weighted by atomic mass is 16.3. The molecule has 32 heavy (non-hydrogen) atoms. The normalized spacial score (nSPS) is 16.7. The van der Waals surface area contributed by atoms with Gasteiger partial charge in [-0.15, -0.1) is 0 Å². The van der Waals surface area contributed by atoms with E-state index in [1.165, 1.54) is 10.9 Å². The molecule has 3 aromatic heterocycles. The highest BCUT2D eigenvalue weighted by Gasteiger charge is 2.20. The quantitative estimate of drug-likeness (QED) is 0.463. The van der Waals surface area contributed by atoms with E-state index < -0.39 is 5.91 Å². The number of carbonyl (C=O) groups is 2. The molecule has 0 saturated carbocycles. The number of allylic oxidation sites excluding steroid dienone is 2. The molecule has 10 nitrogen and oxygen atoms in total. The summed E-state index contributed by atoms with van der Waals surface area (Å²) in [6.45, 7) is 1.30. The van der Waals surface area contributed by atoms with E-state index in [-0.39, 0.29) is 17.3 Å². The second kappa shape index (κ2) is 9.90. The summed E-state index contributed by atoms with van der Waals surface area (Å²) in [5.74, 6) is 0.183. The molecule has 4 heterocycles. The van der Waals surface area contributed by atoms with Gasteiger partial charge in [-0.25, -0.2) is 9.97 Å². The van der Waals surface area contributed by atoms with Gasteiger partial charge in [-0.1, -0.05) is 12.2 Å². The van der Waals surface area contributed by atoms with Crippen molar-refractivity contribution in [1.82, 2.24) is 25.1 Å². The van der Waals surface area contributed by atoms with Gasteiger partial charge in [0.15, 0.2) is 11.4 Å². The summed E-state index contributed by atoms with van der Waals surface area (Å²) >= 11 is 0. The number of anilines is 2. The highest BCUT2D eigenvalue weighted by molar-refractivity contribution is 6.07. The number of fused-ring (bicyclic) bond motifs is 6. The first-order chi connectivity index (χ1) is 15.6. The number of rotatable bonds is 0. The lowest BCUT2D eigenvalue weighted by molar-refractivity contribution is 0.0948. The molecule has 2 amide bonds. The van der Waals surface area contributed by atoms with Gasteiger partial charge in [0.05, 0.1) is 5.69 Å². The molecular weight excluding hydrogens is 410 g/mol. The number of pyridine rings is 1. The van der Waals surface area contributed by atoms with Crippen LogP contribution in [-0.2, 0) is 7.05 Å². The van der Waals surface area contributed by atoms with Crippen molar-refractivity contribution in [1.29, 1.82) is 0 Å². The van der Waals surface area contributed by atoms with Crippen molar-refractivity contribution in [3.05, 3.63) is 54.3 Å². The van der Waals surface area contributed by atoms with Gasteiger partial charge in [-0.3, -0.25) is 14.3 Å². The monoisotopic (exact) mass is 435 g/mol. The number of aromatic nitrogens is 4. The summed E-state index contributed by atoms with van der Waals surface area (Å²) in [6.07, 6.45) is 12.4. The summed E-state index contributed by atoms with van der Waals surface area (Å²) in [7, 11) is 1.69. The Balaban J connectivity index is 1.59. The Morgan fingerprint density at radius 3 is 2.66 bits per heavy atom. The van der Waals surface area contributed by atoms with Gasteiger partial charge in [0.1, 0.15) is 12.1 Å². The maximum atomic E-state index is 12.7. The lowest BCUT2D eigenvalue weighted by Gasteiger charge is -2.05. The van der Waals surface area contributed by atoms with Crippen molar-refractivity contribution >= 4 is 23.3 Å². The second-order valence-electron chi connectivity index (χ2n) is 7.43. The number of carbonyl (C=O) groups excluding carboxylic acids is 2. The van der Waals surface area contributed by atoms with Crippen molar-refractivity contribution in [2.45, 2.75) is 25.7 Å². The first kappa shape index (κ1) is 21.3. The maximum absolute atomic E-state index is 12.7. The molecule has 1 aliphatic rings. The van der Waals surface area contributed by atoms with E-state index in [1.807, 2.05) is 6.07 Å². The first-order valence-electron chi connectivity index (χ1n) is 10.5. The minimum Gasteiger partial charge on any atom is -0.444 e. The number of aryl methyl sites for hydroxylation is 1. The fraction of sp³-hybridized carbons (Fsp3) is 0.318. The molecule has 3 N–H and O–H groups in total. The fourth-order valence-corrected chi connectivity index (χ4v) is 3.28. The molecule has 4 bridgehead atoms. The molecule has 0 radical (unpaired) electrons. The van der Waals surface area contributed by atoms with Crippen LogP contribution in [0.15, 0.2) is 47.4 Å². The Hall–Kier alpha value is -3.95. The lowest BCUT2D eigenvalue weighted by atomic mass is 10.2. The van der Waals surface area contributed by atoms with Crippen LogP contribution in [0.5, 0.6) is 0 Å². The van der Waals surface area contributed by atoms with Crippen molar-refractivity contribution in [3.63, 3.8) is 0 Å². The molecule has 166 valence electrons. The van der Waals surface area contributed by atoms with E-state index in [4.69, 9.17) is 4.42 Å². The van der Waals surface area contributed by atoms with Crippen LogP contribution < -0.4 is 16.0 Å². The Morgan fingerprint density at radius 1 is 1.06 bits per heavy atom. The van der Waals surface area contributed by atoms with Crippen molar-refractivity contribution in [2.75, 3.05) is 23.7 Å². The van der Waals surface area contributed by atoms with Crippen LogP contribution in [-0.4, -0.2) is 44.7 Å². The standard InChI is InChI=1S/C22H25N7O3/c1-29-13-16-19(28-29)21(31)25-10-7-5-3-2-4-6-9-23-18-12-15(8-11-24-18)22-27-17(14-32-22)20(30)26-16/h2-3,8,11-14H,4-7,9-10H2,1H3,(H,23,24)(H,25,31)(H,26,30)/b3-2+. The topological polar surface area (TPSA) is 127 Å². The predicted octanol–water partition coefficient (Wildman–Crippen LogP) is 2.99. The highest BCUT2D eigenvalue weighted by Crippen LogP contribution is 2.22. The molecule has 0 atom stereocenters. The predicted molar refractivity (Wildman–Crippen MR) is 119 cm³/mol. The smallest absolute Gasteiger partial charge is 0.277 e. The summed E-state index contributed by atoms with van der Waals surface area (Å²) in [5, 5.41) is 13.0. The van der Waals surface area contributed by atoms with E-state index in [2.05, 4.69) is 43.2 Å². The van der Waals surface area contributed by atoms with Gasteiger partial charge >= 0.3 is 0 Å². The fourth-order valence-electron chi connectivity index (χ4n) is 3.28. The van der Waals surface area contributed by atoms with Crippen LogP contribution in [0.2, 0.25) is 0 Å². The number of hydrogen-bond donors (Lipinski definition) is 3. The molecule has 1 aliphatic heterocycles. The van der Waals surface area contributed by atoms with Gasteiger partial charge in [-0.2, -0.15) is 5.10 Å². The zero-order chi connectivity index (χ0) is 22.3. The van der Waals surface area contributed by atoms with Gasteiger partial charge < -0.3 is 20.4 Å². The van der Waals surface area contributed by atoms with Crippen LogP contribution in [0.3, 0.4) is 0 Å². The third-order valence-corrected chi connectivity index (χ3v) is 4.89. The summed E-state index contributed by atoms with van der Waals surface area (Å²) in [4.78, 5) is 33.9. The van der Waals surface area contributed by atoms with E-state index >= 15 is 0 Å². The van der Waals surface area contributed by atoms with Gasteiger partial charge in [0.25, 0.3) is 11.8 Å². The number of nitrogens with one attached hydrogen (secondary N) is 3. The van der Waals surface area contributed by atoms with Gasteiger partial charge in [-0.05, 0) is 37.8 Å². The minimum absolute atomic E-state index is 0.0958. The average Bonchev–Trinajstić information content (AvgIpc) is 3.41. The van der Waals surface area contributed by atoms with Gasteiger partial charge in [0, 0.05) is 38.1 Å². The van der Waals surface area contributed by atoms with E-state index in [0.29, 0.717) is 29.5 Å². The molecule has 0 spiro atoms. The Morgan fingerprint density at radius 2 is 1.84 bits per heavy atom. The first-order valence-corrected chi connectivity index (χ1v) is 10.5. The maximum Gasteiger partial charge on any atom is 0.277 e. The van der Waals surface area contributed by atoms with Crippen LogP contribution in [0.4, 0.5) is 11.5 Å². The average molecular weight is 435 g/mol. The summed E-state index contributed by atoms with van der Waals surface area (Å²) < 4.78 is 6.99. The van der Waals surface area contributed by atoms with Crippen LogP contribution >= 0.6 is 0 Å². The lowest BCUT2D eigenvalue weighted by Crippen LogP contribution is -2.26. The number of nitrogens with zero attached hydrogens (tertiary/aromatic N) is 4. The van der Waals surface area contributed by atoms with E-state index in [0.717, 1.165) is 32.2 Å². The largest absolute Gasteiger partial charge is 0.444 e. The molecule has 4 rings (SSSR count). The number of amides is 2. The Labute approximate surface area is 185 Å². The van der Waals surface area contributed by atoms with Crippen LogP contribution in [0.25, 0.3) is 11.5 Å². The third-order valence-electron chi connectivity index (χ3n) is 4.89. The summed E-state index contributed by atoms with van der Waals surface area (Å²) in [6, 6.07) is 3.59. The number of hydrogen-bond acceptors (Lipinski definition) is 7. The Bertz CT molecular complexity index is 1130. The molecule has 0 saturated heterocycles.